The predicted molar refractivity (Wildman–Crippen MR) is 52.1 cm³/mol. The molecule has 1 amide bonds. The van der Waals surface area contributed by atoms with Crippen molar-refractivity contribution in [3.8, 4) is 0 Å². The molecule has 1 heterocycles. The van der Waals surface area contributed by atoms with Crippen LogP contribution in [0.3, 0.4) is 0 Å². The SMILES string of the molecule is O=C(c1ncn[nH]1)N(CCO)C1CCC1. The van der Waals surface area contributed by atoms with Gasteiger partial charge in [0.2, 0.25) is 5.82 Å². The normalized spacial score (nSPS) is 16.1. The molecule has 6 heteroatoms. The summed E-state index contributed by atoms with van der Waals surface area (Å²) in [5.41, 5.74) is 0. The molecule has 1 aromatic heterocycles. The Labute approximate surface area is 87.3 Å². The Bertz CT molecular complexity index is 321. The number of carbonyl (C=O) groups is 1. The number of rotatable bonds is 4. The summed E-state index contributed by atoms with van der Waals surface area (Å²) in [6.45, 7) is 0.348. The number of H-pyrrole nitrogens is 1. The van der Waals surface area contributed by atoms with E-state index in [4.69, 9.17) is 5.11 Å². The van der Waals surface area contributed by atoms with Crippen molar-refractivity contribution in [2.75, 3.05) is 13.2 Å². The van der Waals surface area contributed by atoms with Gasteiger partial charge >= 0.3 is 0 Å². The maximum absolute atomic E-state index is 11.9. The molecule has 2 N–H and O–H groups in total. The number of hydrogen-bond donors (Lipinski definition) is 2. The fourth-order valence-electron chi connectivity index (χ4n) is 1.70. The molecule has 0 radical (unpaired) electrons. The van der Waals surface area contributed by atoms with Crippen molar-refractivity contribution < 1.29 is 9.90 Å². The number of nitrogens with zero attached hydrogens (tertiary/aromatic N) is 3. The Balaban J connectivity index is 2.06. The summed E-state index contributed by atoms with van der Waals surface area (Å²) in [5.74, 6) is 0.0709. The van der Waals surface area contributed by atoms with E-state index in [0.717, 1.165) is 19.3 Å². The third kappa shape index (κ3) is 1.99. The van der Waals surface area contributed by atoms with Crippen LogP contribution in [0.5, 0.6) is 0 Å². The predicted octanol–water partition coefficient (Wildman–Crippen LogP) is -0.208. The first-order chi connectivity index (χ1) is 7.33. The summed E-state index contributed by atoms with van der Waals surface area (Å²) in [6, 6.07) is 0.259. The zero-order valence-corrected chi connectivity index (χ0v) is 8.39. The number of aromatic amines is 1. The number of aliphatic hydroxyl groups excluding tert-OH is 1. The van der Waals surface area contributed by atoms with Gasteiger partial charge in [-0.25, -0.2) is 4.98 Å². The van der Waals surface area contributed by atoms with E-state index in [1.54, 1.807) is 4.90 Å². The van der Waals surface area contributed by atoms with Crippen LogP contribution < -0.4 is 0 Å². The molecule has 2 rings (SSSR count). The standard InChI is InChI=1S/C9H14N4O2/c14-5-4-13(7-2-1-3-7)9(15)8-10-6-11-12-8/h6-7,14H,1-5H2,(H,10,11,12). The number of aromatic nitrogens is 3. The van der Waals surface area contributed by atoms with Crippen LogP contribution in [0.15, 0.2) is 6.33 Å². The minimum Gasteiger partial charge on any atom is -0.395 e. The van der Waals surface area contributed by atoms with Crippen molar-refractivity contribution in [3.05, 3.63) is 12.2 Å². The lowest BCUT2D eigenvalue weighted by Crippen LogP contribution is -2.46. The molecule has 0 atom stereocenters. The van der Waals surface area contributed by atoms with Gasteiger partial charge in [-0.1, -0.05) is 0 Å². The molecule has 0 saturated heterocycles. The number of hydrogen-bond acceptors (Lipinski definition) is 4. The van der Waals surface area contributed by atoms with E-state index in [1.807, 2.05) is 0 Å². The zero-order valence-electron chi connectivity index (χ0n) is 8.39. The molecular weight excluding hydrogens is 196 g/mol. The van der Waals surface area contributed by atoms with Crippen LogP contribution in [0.25, 0.3) is 0 Å². The van der Waals surface area contributed by atoms with Gasteiger partial charge in [-0.3, -0.25) is 9.89 Å². The van der Waals surface area contributed by atoms with Gasteiger partial charge < -0.3 is 10.0 Å². The van der Waals surface area contributed by atoms with Gasteiger partial charge in [0, 0.05) is 12.6 Å². The largest absolute Gasteiger partial charge is 0.395 e. The second kappa shape index (κ2) is 4.39. The molecule has 1 aliphatic rings. The van der Waals surface area contributed by atoms with Gasteiger partial charge in [-0.05, 0) is 19.3 Å². The highest BCUT2D eigenvalue weighted by atomic mass is 16.3. The van der Waals surface area contributed by atoms with Crippen molar-refractivity contribution in [2.45, 2.75) is 25.3 Å². The van der Waals surface area contributed by atoms with E-state index in [2.05, 4.69) is 15.2 Å². The number of aliphatic hydroxyl groups is 1. The van der Waals surface area contributed by atoms with E-state index >= 15 is 0 Å². The fraction of sp³-hybridized carbons (Fsp3) is 0.667. The Kier molecular flexibility index (Phi) is 2.96. The third-order valence-electron chi connectivity index (χ3n) is 2.73. The van der Waals surface area contributed by atoms with E-state index in [1.165, 1.54) is 6.33 Å². The van der Waals surface area contributed by atoms with E-state index < -0.39 is 0 Å². The zero-order chi connectivity index (χ0) is 10.7. The monoisotopic (exact) mass is 210 g/mol. The maximum atomic E-state index is 11.9. The second-order valence-corrected chi connectivity index (χ2v) is 3.64. The number of carbonyl (C=O) groups excluding carboxylic acids is 1. The van der Waals surface area contributed by atoms with Crippen molar-refractivity contribution in [2.24, 2.45) is 0 Å². The number of amides is 1. The molecular formula is C9H14N4O2. The third-order valence-corrected chi connectivity index (χ3v) is 2.73. The van der Waals surface area contributed by atoms with Crippen LogP contribution in [0.4, 0.5) is 0 Å². The van der Waals surface area contributed by atoms with Crippen LogP contribution in [-0.2, 0) is 0 Å². The second-order valence-electron chi connectivity index (χ2n) is 3.64. The summed E-state index contributed by atoms with van der Waals surface area (Å²) in [6.07, 6.45) is 4.49. The van der Waals surface area contributed by atoms with Crippen LogP contribution in [0.1, 0.15) is 29.9 Å². The Morgan fingerprint density at radius 1 is 1.67 bits per heavy atom. The highest BCUT2D eigenvalue weighted by Gasteiger charge is 2.30. The minimum absolute atomic E-state index is 0.0175. The molecule has 15 heavy (non-hydrogen) atoms. The van der Waals surface area contributed by atoms with Crippen LogP contribution in [0, 0.1) is 0 Å². The minimum atomic E-state index is -0.175. The van der Waals surface area contributed by atoms with Gasteiger partial charge in [0.1, 0.15) is 6.33 Å². The first-order valence-electron chi connectivity index (χ1n) is 5.10. The summed E-state index contributed by atoms with van der Waals surface area (Å²) in [5, 5.41) is 15.1. The van der Waals surface area contributed by atoms with Gasteiger partial charge in [-0.15, -0.1) is 0 Å². The quantitative estimate of drug-likeness (QED) is 0.720. The molecule has 0 unspecified atom stereocenters. The lowest BCUT2D eigenvalue weighted by Gasteiger charge is -2.36. The van der Waals surface area contributed by atoms with E-state index in [9.17, 15) is 4.79 Å². The Hall–Kier alpha value is -1.43. The lowest BCUT2D eigenvalue weighted by atomic mass is 9.91. The van der Waals surface area contributed by atoms with Crippen molar-refractivity contribution in [1.82, 2.24) is 20.1 Å². The van der Waals surface area contributed by atoms with E-state index in [-0.39, 0.29) is 24.4 Å². The molecule has 0 spiro atoms. The van der Waals surface area contributed by atoms with E-state index in [0.29, 0.717) is 6.54 Å². The molecule has 1 aromatic rings. The van der Waals surface area contributed by atoms with Gasteiger partial charge in [0.25, 0.3) is 5.91 Å². The summed E-state index contributed by atoms with van der Waals surface area (Å²) < 4.78 is 0. The van der Waals surface area contributed by atoms with Gasteiger partial charge in [0.15, 0.2) is 0 Å². The molecule has 1 saturated carbocycles. The van der Waals surface area contributed by atoms with Crippen molar-refractivity contribution >= 4 is 5.91 Å². The number of nitrogens with one attached hydrogen (secondary N) is 1. The summed E-state index contributed by atoms with van der Waals surface area (Å²) in [7, 11) is 0. The van der Waals surface area contributed by atoms with Gasteiger partial charge in [0.05, 0.1) is 6.61 Å². The average Bonchev–Trinajstić information content (AvgIpc) is 2.66. The molecule has 0 aromatic carbocycles. The smallest absolute Gasteiger partial charge is 0.291 e. The van der Waals surface area contributed by atoms with Crippen LogP contribution >= 0.6 is 0 Å². The molecule has 1 fully saturated rings. The van der Waals surface area contributed by atoms with Gasteiger partial charge in [-0.2, -0.15) is 5.10 Å². The topological polar surface area (TPSA) is 82.1 Å². The van der Waals surface area contributed by atoms with Crippen molar-refractivity contribution in [3.63, 3.8) is 0 Å². The summed E-state index contributed by atoms with van der Waals surface area (Å²) >= 11 is 0. The van der Waals surface area contributed by atoms with Crippen LogP contribution in [0.2, 0.25) is 0 Å². The first-order valence-corrected chi connectivity index (χ1v) is 5.10. The molecule has 0 bridgehead atoms. The Morgan fingerprint density at radius 2 is 2.47 bits per heavy atom. The fourth-order valence-corrected chi connectivity index (χ4v) is 1.70. The highest BCUT2D eigenvalue weighted by molar-refractivity contribution is 5.90. The summed E-state index contributed by atoms with van der Waals surface area (Å²) in [4.78, 5) is 17.4. The lowest BCUT2D eigenvalue weighted by molar-refractivity contribution is 0.0514. The molecule has 6 nitrogen and oxygen atoms in total. The van der Waals surface area contributed by atoms with Crippen LogP contribution in [-0.4, -0.2) is 50.3 Å². The average molecular weight is 210 g/mol. The molecule has 1 aliphatic carbocycles. The molecule has 0 aliphatic heterocycles. The molecule has 82 valence electrons. The van der Waals surface area contributed by atoms with Crippen molar-refractivity contribution in [1.29, 1.82) is 0 Å². The first kappa shape index (κ1) is 10.1. The maximum Gasteiger partial charge on any atom is 0.291 e. The highest BCUT2D eigenvalue weighted by Crippen LogP contribution is 2.25. The Morgan fingerprint density at radius 3 is 2.93 bits per heavy atom.